The maximum atomic E-state index is 13.3. The van der Waals surface area contributed by atoms with Crippen LogP contribution in [0.2, 0.25) is 5.02 Å². The molecule has 6 heteroatoms. The van der Waals surface area contributed by atoms with Gasteiger partial charge in [0.05, 0.1) is 11.6 Å². The molecule has 1 aromatic heterocycles. The minimum Gasteiger partial charge on any atom is -0.507 e. The molecule has 5 nitrogen and oxygen atoms in total. The minimum absolute atomic E-state index is 0.0463. The third kappa shape index (κ3) is 3.91. The van der Waals surface area contributed by atoms with E-state index in [1.807, 2.05) is 38.1 Å². The number of nitrogens with zero attached hydrogens (tertiary/aromatic N) is 3. The summed E-state index contributed by atoms with van der Waals surface area (Å²) in [5.74, 6) is 0.0463. The van der Waals surface area contributed by atoms with Crippen LogP contribution in [0.1, 0.15) is 36.7 Å². The van der Waals surface area contributed by atoms with E-state index in [2.05, 4.69) is 16.7 Å². The Hall–Kier alpha value is -1.82. The number of aryl methyl sites for hydroxylation is 1. The largest absolute Gasteiger partial charge is 0.507 e. The van der Waals surface area contributed by atoms with Gasteiger partial charge in [0, 0.05) is 43.4 Å². The molecule has 0 aliphatic carbocycles. The lowest BCUT2D eigenvalue weighted by atomic mass is 9.96. The Kier molecular flexibility index (Phi) is 6.25. The molecular weight excluding hydrogens is 362 g/mol. The zero-order chi connectivity index (χ0) is 19.6. The van der Waals surface area contributed by atoms with E-state index in [1.54, 1.807) is 10.6 Å². The zero-order valence-corrected chi connectivity index (χ0v) is 17.0. The van der Waals surface area contributed by atoms with E-state index in [-0.39, 0.29) is 17.4 Å². The lowest BCUT2D eigenvalue weighted by Gasteiger charge is -2.39. The number of hydrogen-bond donors (Lipinski definition) is 1. The van der Waals surface area contributed by atoms with E-state index >= 15 is 0 Å². The number of aromatic hydroxyl groups is 1. The van der Waals surface area contributed by atoms with Gasteiger partial charge in [-0.2, -0.15) is 0 Å². The van der Waals surface area contributed by atoms with Crippen LogP contribution in [0.4, 0.5) is 0 Å². The zero-order valence-electron chi connectivity index (χ0n) is 16.3. The smallest absolute Gasteiger partial charge is 0.259 e. The van der Waals surface area contributed by atoms with Gasteiger partial charge in [-0.15, -0.1) is 0 Å². The SMILES string of the molecule is CCN1CCN([C@@H](c2ccccc2Cl)c2c(O)cc(C)n(CC)c2=O)CC1. The molecule has 146 valence electrons. The minimum atomic E-state index is -0.358. The van der Waals surface area contributed by atoms with Crippen LogP contribution in [0.3, 0.4) is 0 Å². The Bertz CT molecular complexity index is 857. The molecule has 1 fully saturated rings. The number of pyridine rings is 1. The Balaban J connectivity index is 2.15. The van der Waals surface area contributed by atoms with Gasteiger partial charge in [0.15, 0.2) is 0 Å². The number of likely N-dealkylation sites (N-methyl/N-ethyl adjacent to an activating group) is 1. The Morgan fingerprint density at radius 1 is 1.11 bits per heavy atom. The first kappa shape index (κ1) is 19.9. The number of aromatic nitrogens is 1. The van der Waals surface area contributed by atoms with Crippen molar-refractivity contribution in [2.75, 3.05) is 32.7 Å². The highest BCUT2D eigenvalue weighted by atomic mass is 35.5. The van der Waals surface area contributed by atoms with Gasteiger partial charge in [-0.1, -0.05) is 36.7 Å². The number of halogens is 1. The first-order valence-corrected chi connectivity index (χ1v) is 9.99. The summed E-state index contributed by atoms with van der Waals surface area (Å²) in [7, 11) is 0. The van der Waals surface area contributed by atoms with Gasteiger partial charge in [-0.3, -0.25) is 9.69 Å². The maximum Gasteiger partial charge on any atom is 0.259 e. The van der Waals surface area contributed by atoms with Crippen LogP contribution in [0.15, 0.2) is 35.1 Å². The third-order valence-corrected chi connectivity index (χ3v) is 5.88. The molecular formula is C21H28ClN3O2. The van der Waals surface area contributed by atoms with Crippen molar-refractivity contribution in [3.05, 3.63) is 62.5 Å². The normalized spacial score (nSPS) is 17.2. The van der Waals surface area contributed by atoms with Crippen LogP contribution in [-0.4, -0.2) is 52.2 Å². The Morgan fingerprint density at radius 2 is 1.78 bits per heavy atom. The maximum absolute atomic E-state index is 13.3. The van der Waals surface area contributed by atoms with Crippen LogP contribution in [0, 0.1) is 6.92 Å². The molecule has 0 saturated carbocycles. The van der Waals surface area contributed by atoms with E-state index in [0.29, 0.717) is 17.1 Å². The summed E-state index contributed by atoms with van der Waals surface area (Å²) in [5, 5.41) is 11.4. The Labute approximate surface area is 165 Å². The second-order valence-electron chi connectivity index (χ2n) is 7.03. The fraction of sp³-hybridized carbons (Fsp3) is 0.476. The van der Waals surface area contributed by atoms with E-state index in [1.165, 1.54) is 0 Å². The number of piperazine rings is 1. The lowest BCUT2D eigenvalue weighted by Crippen LogP contribution is -2.48. The van der Waals surface area contributed by atoms with Crippen molar-refractivity contribution in [2.24, 2.45) is 0 Å². The van der Waals surface area contributed by atoms with Crippen LogP contribution >= 0.6 is 11.6 Å². The molecule has 1 aliphatic rings. The second kappa shape index (κ2) is 8.46. The first-order chi connectivity index (χ1) is 13.0. The average molecular weight is 390 g/mol. The summed E-state index contributed by atoms with van der Waals surface area (Å²) in [6.07, 6.45) is 0. The summed E-state index contributed by atoms with van der Waals surface area (Å²) in [4.78, 5) is 17.9. The first-order valence-electron chi connectivity index (χ1n) is 9.62. The second-order valence-corrected chi connectivity index (χ2v) is 7.44. The molecule has 0 radical (unpaired) electrons. The van der Waals surface area contributed by atoms with Crippen molar-refractivity contribution in [3.8, 4) is 5.75 Å². The number of rotatable bonds is 5. The van der Waals surface area contributed by atoms with E-state index in [4.69, 9.17) is 11.6 Å². The highest BCUT2D eigenvalue weighted by Crippen LogP contribution is 2.36. The van der Waals surface area contributed by atoms with E-state index in [9.17, 15) is 9.90 Å². The summed E-state index contributed by atoms with van der Waals surface area (Å²) in [6.45, 7) is 11.1. The van der Waals surface area contributed by atoms with Gasteiger partial charge in [0.25, 0.3) is 5.56 Å². The summed E-state index contributed by atoms with van der Waals surface area (Å²) in [6, 6.07) is 8.94. The van der Waals surface area contributed by atoms with Crippen LogP contribution < -0.4 is 5.56 Å². The van der Waals surface area contributed by atoms with Crippen molar-refractivity contribution in [1.29, 1.82) is 0 Å². The number of hydrogen-bond acceptors (Lipinski definition) is 4. The summed E-state index contributed by atoms with van der Waals surface area (Å²) in [5.41, 5.74) is 1.90. The van der Waals surface area contributed by atoms with Gasteiger partial charge in [-0.25, -0.2) is 0 Å². The molecule has 0 unspecified atom stereocenters. The predicted molar refractivity (Wildman–Crippen MR) is 110 cm³/mol. The van der Waals surface area contributed by atoms with Gasteiger partial charge in [-0.05, 0) is 38.1 Å². The van der Waals surface area contributed by atoms with Gasteiger partial charge >= 0.3 is 0 Å². The number of benzene rings is 1. The molecule has 3 rings (SSSR count). The molecule has 1 saturated heterocycles. The molecule has 0 amide bonds. The topological polar surface area (TPSA) is 48.7 Å². The molecule has 0 spiro atoms. The standard InChI is InChI=1S/C21H28ClN3O2/c1-4-23-10-12-24(13-11-23)20(16-8-6-7-9-17(16)22)19-18(26)14-15(3)25(5-2)21(19)27/h6-9,14,20,26H,4-5,10-13H2,1-3H3/t20-/m0/s1. The molecule has 27 heavy (non-hydrogen) atoms. The van der Waals surface area contributed by atoms with Gasteiger partial charge in [0.1, 0.15) is 5.75 Å². The highest BCUT2D eigenvalue weighted by molar-refractivity contribution is 6.31. The fourth-order valence-electron chi connectivity index (χ4n) is 3.99. The molecule has 2 aromatic rings. The van der Waals surface area contributed by atoms with Crippen molar-refractivity contribution < 1.29 is 5.11 Å². The molecule has 1 atom stereocenters. The van der Waals surface area contributed by atoms with Crippen LogP contribution in [-0.2, 0) is 6.54 Å². The fourth-order valence-corrected chi connectivity index (χ4v) is 4.23. The van der Waals surface area contributed by atoms with Crippen molar-refractivity contribution >= 4 is 11.6 Å². The molecule has 1 aliphatic heterocycles. The Morgan fingerprint density at radius 3 is 2.37 bits per heavy atom. The van der Waals surface area contributed by atoms with Gasteiger partial charge in [0.2, 0.25) is 0 Å². The molecule has 0 bridgehead atoms. The third-order valence-electron chi connectivity index (χ3n) is 5.53. The quantitative estimate of drug-likeness (QED) is 0.852. The summed E-state index contributed by atoms with van der Waals surface area (Å²) >= 11 is 6.53. The van der Waals surface area contributed by atoms with E-state index < -0.39 is 0 Å². The lowest BCUT2D eigenvalue weighted by molar-refractivity contribution is 0.112. The van der Waals surface area contributed by atoms with Crippen LogP contribution in [0.5, 0.6) is 5.75 Å². The summed E-state index contributed by atoms with van der Waals surface area (Å²) < 4.78 is 1.71. The monoisotopic (exact) mass is 389 g/mol. The molecule has 2 heterocycles. The van der Waals surface area contributed by atoms with Crippen molar-refractivity contribution in [2.45, 2.75) is 33.4 Å². The molecule has 1 aromatic carbocycles. The van der Waals surface area contributed by atoms with Crippen molar-refractivity contribution in [3.63, 3.8) is 0 Å². The highest BCUT2D eigenvalue weighted by Gasteiger charge is 2.32. The van der Waals surface area contributed by atoms with Crippen molar-refractivity contribution in [1.82, 2.24) is 14.4 Å². The molecule has 1 N–H and O–H groups in total. The van der Waals surface area contributed by atoms with E-state index in [0.717, 1.165) is 44.0 Å². The van der Waals surface area contributed by atoms with Gasteiger partial charge < -0.3 is 14.6 Å². The predicted octanol–water partition coefficient (Wildman–Crippen LogP) is 3.26. The van der Waals surface area contributed by atoms with Crippen LogP contribution in [0.25, 0.3) is 0 Å². The average Bonchev–Trinajstić information content (AvgIpc) is 2.66.